The summed E-state index contributed by atoms with van der Waals surface area (Å²) in [6.45, 7) is 12.2. The molecule has 2 fully saturated rings. The lowest BCUT2D eigenvalue weighted by molar-refractivity contribution is 0.104. The van der Waals surface area contributed by atoms with E-state index in [9.17, 15) is 0 Å². The molecule has 2 aliphatic heterocycles. The third kappa shape index (κ3) is 4.23. The van der Waals surface area contributed by atoms with Crippen LogP contribution in [0.2, 0.25) is 0 Å². The van der Waals surface area contributed by atoms with Gasteiger partial charge in [0.15, 0.2) is 0 Å². The molecule has 0 aromatic carbocycles. The van der Waals surface area contributed by atoms with Crippen LogP contribution >= 0.6 is 0 Å². The number of piperidine rings is 1. The highest BCUT2D eigenvalue weighted by Gasteiger charge is 2.20. The number of rotatable bonds is 4. The van der Waals surface area contributed by atoms with Gasteiger partial charge in [0.05, 0.1) is 0 Å². The third-order valence-electron chi connectivity index (χ3n) is 4.34. The summed E-state index contributed by atoms with van der Waals surface area (Å²) in [4.78, 5) is 5.24. The Kier molecular flexibility index (Phi) is 5.26. The quantitative estimate of drug-likeness (QED) is 0.803. The van der Waals surface area contributed by atoms with E-state index in [-0.39, 0.29) is 0 Å². The summed E-state index contributed by atoms with van der Waals surface area (Å²) in [6, 6.07) is 1.52. The predicted octanol–water partition coefficient (Wildman–Crippen LogP) is 1.54. The van der Waals surface area contributed by atoms with Crippen molar-refractivity contribution in [2.75, 3.05) is 39.3 Å². The van der Waals surface area contributed by atoms with Crippen LogP contribution in [0.1, 0.15) is 39.5 Å². The average molecular weight is 239 g/mol. The van der Waals surface area contributed by atoms with Gasteiger partial charge in [-0.05, 0) is 46.2 Å². The second-order valence-electron chi connectivity index (χ2n) is 5.91. The van der Waals surface area contributed by atoms with Crippen molar-refractivity contribution >= 4 is 0 Å². The zero-order valence-corrected chi connectivity index (χ0v) is 11.6. The number of nitrogens with zero attached hydrogens (tertiary/aromatic N) is 2. The lowest BCUT2D eigenvalue weighted by Crippen LogP contribution is -2.49. The van der Waals surface area contributed by atoms with Gasteiger partial charge in [-0.3, -0.25) is 4.90 Å². The molecule has 0 bridgehead atoms. The highest BCUT2D eigenvalue weighted by molar-refractivity contribution is 4.77. The van der Waals surface area contributed by atoms with Gasteiger partial charge in [0, 0.05) is 38.3 Å². The summed E-state index contributed by atoms with van der Waals surface area (Å²) >= 11 is 0. The highest BCUT2D eigenvalue weighted by atomic mass is 15.3. The van der Waals surface area contributed by atoms with Crippen LogP contribution in [0, 0.1) is 0 Å². The maximum atomic E-state index is 3.65. The van der Waals surface area contributed by atoms with Crippen LogP contribution in [-0.4, -0.2) is 61.2 Å². The zero-order valence-electron chi connectivity index (χ0n) is 11.6. The summed E-state index contributed by atoms with van der Waals surface area (Å²) in [5, 5.41) is 3.65. The molecular formula is C14H29N3. The van der Waals surface area contributed by atoms with Gasteiger partial charge in [-0.2, -0.15) is 0 Å². The molecule has 17 heavy (non-hydrogen) atoms. The molecule has 0 saturated carbocycles. The minimum atomic E-state index is 0.720. The standard InChI is InChI=1S/C14H29N3/c1-13(2)17-11-9-16(10-12-17)8-6-14-5-3-4-7-15-14/h13-15H,3-12H2,1-2H3. The fraction of sp³-hybridized carbons (Fsp3) is 1.00. The van der Waals surface area contributed by atoms with Crippen LogP contribution in [0.25, 0.3) is 0 Å². The minimum Gasteiger partial charge on any atom is -0.314 e. The first-order valence-corrected chi connectivity index (χ1v) is 7.45. The van der Waals surface area contributed by atoms with Gasteiger partial charge in [0.25, 0.3) is 0 Å². The van der Waals surface area contributed by atoms with Gasteiger partial charge in [-0.25, -0.2) is 0 Å². The maximum Gasteiger partial charge on any atom is 0.0113 e. The van der Waals surface area contributed by atoms with Crippen LogP contribution in [0.3, 0.4) is 0 Å². The summed E-state index contributed by atoms with van der Waals surface area (Å²) in [5.41, 5.74) is 0. The van der Waals surface area contributed by atoms with Crippen molar-refractivity contribution < 1.29 is 0 Å². The van der Waals surface area contributed by atoms with Crippen molar-refractivity contribution in [2.45, 2.75) is 51.6 Å². The maximum absolute atomic E-state index is 3.65. The van der Waals surface area contributed by atoms with Crippen LogP contribution in [0.5, 0.6) is 0 Å². The van der Waals surface area contributed by atoms with E-state index in [0.717, 1.165) is 12.1 Å². The Balaban J connectivity index is 1.61. The van der Waals surface area contributed by atoms with Gasteiger partial charge in [-0.15, -0.1) is 0 Å². The first-order chi connectivity index (χ1) is 8.25. The number of nitrogens with one attached hydrogen (secondary N) is 1. The molecule has 1 unspecified atom stereocenters. The van der Waals surface area contributed by atoms with E-state index in [1.807, 2.05) is 0 Å². The molecule has 0 aromatic rings. The first kappa shape index (κ1) is 13.3. The fourth-order valence-corrected chi connectivity index (χ4v) is 3.01. The number of hydrogen-bond acceptors (Lipinski definition) is 3. The van der Waals surface area contributed by atoms with Crippen molar-refractivity contribution in [3.8, 4) is 0 Å². The Bertz CT molecular complexity index is 204. The van der Waals surface area contributed by atoms with E-state index >= 15 is 0 Å². The Morgan fingerprint density at radius 2 is 1.88 bits per heavy atom. The molecule has 1 atom stereocenters. The van der Waals surface area contributed by atoms with Crippen LogP contribution in [-0.2, 0) is 0 Å². The Labute approximate surface area is 107 Å². The Morgan fingerprint density at radius 3 is 2.47 bits per heavy atom. The van der Waals surface area contributed by atoms with E-state index in [0.29, 0.717) is 0 Å². The van der Waals surface area contributed by atoms with E-state index in [4.69, 9.17) is 0 Å². The summed E-state index contributed by atoms with van der Waals surface area (Å²) in [5.74, 6) is 0. The average Bonchev–Trinajstić information content (AvgIpc) is 2.38. The molecule has 3 heteroatoms. The summed E-state index contributed by atoms with van der Waals surface area (Å²) < 4.78 is 0. The number of hydrogen-bond donors (Lipinski definition) is 1. The molecule has 0 spiro atoms. The van der Waals surface area contributed by atoms with Crippen LogP contribution in [0.15, 0.2) is 0 Å². The third-order valence-corrected chi connectivity index (χ3v) is 4.34. The predicted molar refractivity (Wildman–Crippen MR) is 73.4 cm³/mol. The smallest absolute Gasteiger partial charge is 0.0113 e. The SMILES string of the molecule is CC(C)N1CCN(CCC2CCCCN2)CC1. The minimum absolute atomic E-state index is 0.720. The van der Waals surface area contributed by atoms with Gasteiger partial charge >= 0.3 is 0 Å². The van der Waals surface area contributed by atoms with Crippen molar-refractivity contribution in [3.63, 3.8) is 0 Å². The monoisotopic (exact) mass is 239 g/mol. The van der Waals surface area contributed by atoms with E-state index in [1.54, 1.807) is 0 Å². The molecule has 100 valence electrons. The van der Waals surface area contributed by atoms with Gasteiger partial charge in [0.1, 0.15) is 0 Å². The molecule has 0 aliphatic carbocycles. The summed E-state index contributed by atoms with van der Waals surface area (Å²) in [7, 11) is 0. The van der Waals surface area contributed by atoms with Gasteiger partial charge in [0.2, 0.25) is 0 Å². The van der Waals surface area contributed by atoms with Gasteiger partial charge < -0.3 is 10.2 Å². The zero-order chi connectivity index (χ0) is 12.1. The lowest BCUT2D eigenvalue weighted by atomic mass is 10.0. The van der Waals surface area contributed by atoms with Crippen LogP contribution < -0.4 is 5.32 Å². The van der Waals surface area contributed by atoms with E-state index in [1.165, 1.54) is 65.0 Å². The molecule has 2 saturated heterocycles. The van der Waals surface area contributed by atoms with Crippen molar-refractivity contribution in [1.29, 1.82) is 0 Å². The van der Waals surface area contributed by atoms with Gasteiger partial charge in [-0.1, -0.05) is 6.42 Å². The first-order valence-electron chi connectivity index (χ1n) is 7.45. The van der Waals surface area contributed by atoms with Crippen molar-refractivity contribution in [2.24, 2.45) is 0 Å². The second-order valence-corrected chi connectivity index (χ2v) is 5.91. The fourth-order valence-electron chi connectivity index (χ4n) is 3.01. The second kappa shape index (κ2) is 6.72. The molecule has 0 aromatic heterocycles. The summed E-state index contributed by atoms with van der Waals surface area (Å²) in [6.07, 6.45) is 5.55. The molecule has 2 heterocycles. The number of piperazine rings is 1. The van der Waals surface area contributed by atoms with Crippen molar-refractivity contribution in [3.05, 3.63) is 0 Å². The van der Waals surface area contributed by atoms with Crippen molar-refractivity contribution in [1.82, 2.24) is 15.1 Å². The molecule has 3 nitrogen and oxygen atoms in total. The Morgan fingerprint density at radius 1 is 1.12 bits per heavy atom. The topological polar surface area (TPSA) is 18.5 Å². The largest absolute Gasteiger partial charge is 0.314 e. The molecule has 0 amide bonds. The molecule has 0 radical (unpaired) electrons. The molecule has 1 N–H and O–H groups in total. The van der Waals surface area contributed by atoms with E-state index in [2.05, 4.69) is 29.0 Å². The van der Waals surface area contributed by atoms with Crippen LogP contribution in [0.4, 0.5) is 0 Å². The highest BCUT2D eigenvalue weighted by Crippen LogP contribution is 2.12. The molecule has 2 aliphatic rings. The Hall–Kier alpha value is -0.120. The molecular weight excluding hydrogens is 210 g/mol. The molecule has 2 rings (SSSR count). The lowest BCUT2D eigenvalue weighted by Gasteiger charge is -2.37. The normalized spacial score (nSPS) is 28.8. The van der Waals surface area contributed by atoms with E-state index < -0.39 is 0 Å².